The van der Waals surface area contributed by atoms with Gasteiger partial charge in [0.2, 0.25) is 5.91 Å². The van der Waals surface area contributed by atoms with Gasteiger partial charge in [0.1, 0.15) is 0 Å². The highest BCUT2D eigenvalue weighted by Crippen LogP contribution is 2.30. The van der Waals surface area contributed by atoms with E-state index in [2.05, 4.69) is 15.6 Å². The molecule has 0 bridgehead atoms. The lowest BCUT2D eigenvalue weighted by atomic mass is 10.1. The quantitative estimate of drug-likeness (QED) is 0.743. The van der Waals surface area contributed by atoms with Gasteiger partial charge in [-0.2, -0.15) is 0 Å². The highest BCUT2D eigenvalue weighted by Gasteiger charge is 2.29. The van der Waals surface area contributed by atoms with Crippen molar-refractivity contribution in [3.8, 4) is 5.69 Å². The van der Waals surface area contributed by atoms with Gasteiger partial charge in [-0.05, 0) is 55.3 Å². The first-order valence-corrected chi connectivity index (χ1v) is 8.50. The Labute approximate surface area is 150 Å². The molecule has 130 valence electrons. The summed E-state index contributed by atoms with van der Waals surface area (Å²) in [6, 6.07) is 14.5. The highest BCUT2D eigenvalue weighted by atomic mass is 16.2. The maximum absolute atomic E-state index is 12.5. The summed E-state index contributed by atoms with van der Waals surface area (Å²) in [4.78, 5) is 28.3. The van der Waals surface area contributed by atoms with E-state index in [0.29, 0.717) is 16.9 Å². The molecule has 1 saturated carbocycles. The first-order chi connectivity index (χ1) is 12.7. The van der Waals surface area contributed by atoms with E-state index in [-0.39, 0.29) is 17.7 Å². The van der Waals surface area contributed by atoms with Gasteiger partial charge in [0, 0.05) is 40.9 Å². The zero-order valence-corrected chi connectivity index (χ0v) is 14.1. The number of nitrogens with one attached hydrogen (secondary N) is 2. The molecular formula is C20H18N4O2. The van der Waals surface area contributed by atoms with E-state index in [1.165, 1.54) is 0 Å². The zero-order chi connectivity index (χ0) is 17.9. The monoisotopic (exact) mass is 346 g/mol. The summed E-state index contributed by atoms with van der Waals surface area (Å²) in [5.41, 5.74) is 2.80. The largest absolute Gasteiger partial charge is 0.326 e. The summed E-state index contributed by atoms with van der Waals surface area (Å²) < 4.78 is 1.89. The zero-order valence-electron chi connectivity index (χ0n) is 14.1. The van der Waals surface area contributed by atoms with Crippen LogP contribution in [0.15, 0.2) is 67.3 Å². The molecule has 4 rings (SSSR count). The third-order valence-corrected chi connectivity index (χ3v) is 4.27. The minimum Gasteiger partial charge on any atom is -0.326 e. The minimum atomic E-state index is -0.220. The van der Waals surface area contributed by atoms with Gasteiger partial charge in [-0.3, -0.25) is 9.59 Å². The van der Waals surface area contributed by atoms with Gasteiger partial charge in [-0.25, -0.2) is 4.98 Å². The molecule has 1 aromatic heterocycles. The Bertz CT molecular complexity index is 929. The molecular weight excluding hydrogens is 328 g/mol. The number of imidazole rings is 1. The third-order valence-electron chi connectivity index (χ3n) is 4.27. The average molecular weight is 346 g/mol. The number of anilines is 2. The Morgan fingerprint density at radius 1 is 1.00 bits per heavy atom. The highest BCUT2D eigenvalue weighted by molar-refractivity contribution is 6.05. The molecule has 3 aromatic rings. The number of aromatic nitrogens is 2. The van der Waals surface area contributed by atoms with Crippen LogP contribution in [0.5, 0.6) is 0 Å². The summed E-state index contributed by atoms with van der Waals surface area (Å²) in [5, 5.41) is 5.73. The molecule has 1 heterocycles. The second kappa shape index (κ2) is 6.84. The summed E-state index contributed by atoms with van der Waals surface area (Å²) in [7, 11) is 0. The van der Waals surface area contributed by atoms with Gasteiger partial charge < -0.3 is 15.2 Å². The van der Waals surface area contributed by atoms with E-state index >= 15 is 0 Å². The van der Waals surface area contributed by atoms with Gasteiger partial charge in [-0.15, -0.1) is 0 Å². The van der Waals surface area contributed by atoms with Crippen LogP contribution in [-0.4, -0.2) is 21.4 Å². The molecule has 0 spiro atoms. The number of nitrogens with zero attached hydrogens (tertiary/aromatic N) is 2. The topological polar surface area (TPSA) is 76.0 Å². The van der Waals surface area contributed by atoms with Gasteiger partial charge in [0.05, 0.1) is 6.33 Å². The summed E-state index contributed by atoms with van der Waals surface area (Å²) >= 11 is 0. The third kappa shape index (κ3) is 3.64. The molecule has 0 atom stereocenters. The van der Waals surface area contributed by atoms with Gasteiger partial charge in [0.25, 0.3) is 5.91 Å². The fraction of sp³-hybridized carbons (Fsp3) is 0.150. The average Bonchev–Trinajstić information content (AvgIpc) is 3.38. The fourth-order valence-electron chi connectivity index (χ4n) is 2.66. The smallest absolute Gasteiger partial charge is 0.255 e. The van der Waals surface area contributed by atoms with E-state index in [0.717, 1.165) is 18.5 Å². The maximum Gasteiger partial charge on any atom is 0.255 e. The number of amides is 2. The first-order valence-electron chi connectivity index (χ1n) is 8.50. The molecule has 1 aliphatic rings. The van der Waals surface area contributed by atoms with Gasteiger partial charge in [0.15, 0.2) is 0 Å². The maximum atomic E-state index is 12.5. The first kappa shape index (κ1) is 16.1. The van der Waals surface area contributed by atoms with Crippen LogP contribution in [0.1, 0.15) is 23.2 Å². The molecule has 0 radical (unpaired) electrons. The molecule has 2 N–H and O–H groups in total. The molecule has 2 aromatic carbocycles. The molecule has 1 fully saturated rings. The van der Waals surface area contributed by atoms with Crippen LogP contribution in [0.2, 0.25) is 0 Å². The minimum absolute atomic E-state index is 0.0256. The van der Waals surface area contributed by atoms with Crippen molar-refractivity contribution < 1.29 is 9.59 Å². The molecule has 6 nitrogen and oxygen atoms in total. The van der Waals surface area contributed by atoms with E-state index in [1.54, 1.807) is 36.8 Å². The molecule has 0 saturated heterocycles. The van der Waals surface area contributed by atoms with E-state index < -0.39 is 0 Å². The lowest BCUT2D eigenvalue weighted by molar-refractivity contribution is -0.117. The van der Waals surface area contributed by atoms with Crippen molar-refractivity contribution in [3.05, 3.63) is 72.8 Å². The predicted octanol–water partition coefficient (Wildman–Crippen LogP) is 3.47. The van der Waals surface area contributed by atoms with Crippen molar-refractivity contribution in [1.82, 2.24) is 9.55 Å². The normalized spacial score (nSPS) is 13.2. The Hall–Kier alpha value is -3.41. The molecule has 0 aliphatic heterocycles. The molecule has 6 heteroatoms. The summed E-state index contributed by atoms with van der Waals surface area (Å²) in [6.45, 7) is 0. The van der Waals surface area contributed by atoms with Crippen LogP contribution in [0, 0.1) is 5.92 Å². The lowest BCUT2D eigenvalue weighted by Crippen LogP contribution is -2.15. The van der Waals surface area contributed by atoms with E-state index in [4.69, 9.17) is 0 Å². The van der Waals surface area contributed by atoms with Crippen molar-refractivity contribution in [2.45, 2.75) is 12.8 Å². The Morgan fingerprint density at radius 3 is 2.50 bits per heavy atom. The lowest BCUT2D eigenvalue weighted by Gasteiger charge is -2.09. The molecule has 2 amide bonds. The number of hydrogen-bond acceptors (Lipinski definition) is 3. The summed E-state index contributed by atoms with van der Waals surface area (Å²) in [6.07, 6.45) is 7.18. The SMILES string of the molecule is O=C(Nc1ccc(-n2ccnc2)cc1)c1cccc(NC(=O)C2CC2)c1. The number of hydrogen-bond donors (Lipinski definition) is 2. The Balaban J connectivity index is 1.43. The second-order valence-corrected chi connectivity index (χ2v) is 6.32. The fourth-order valence-corrected chi connectivity index (χ4v) is 2.66. The van der Waals surface area contributed by atoms with Crippen molar-refractivity contribution in [2.24, 2.45) is 5.92 Å². The molecule has 26 heavy (non-hydrogen) atoms. The Kier molecular flexibility index (Phi) is 4.23. The Morgan fingerprint density at radius 2 is 1.81 bits per heavy atom. The van der Waals surface area contributed by atoms with Crippen LogP contribution in [0.4, 0.5) is 11.4 Å². The molecule has 0 unspecified atom stereocenters. The van der Waals surface area contributed by atoms with Crippen LogP contribution in [-0.2, 0) is 4.79 Å². The van der Waals surface area contributed by atoms with Crippen LogP contribution in [0.3, 0.4) is 0 Å². The number of carbonyl (C=O) groups excluding carboxylic acids is 2. The second-order valence-electron chi connectivity index (χ2n) is 6.32. The number of carbonyl (C=O) groups is 2. The van der Waals surface area contributed by atoms with Crippen molar-refractivity contribution >= 4 is 23.2 Å². The van der Waals surface area contributed by atoms with Gasteiger partial charge >= 0.3 is 0 Å². The van der Waals surface area contributed by atoms with Gasteiger partial charge in [-0.1, -0.05) is 6.07 Å². The van der Waals surface area contributed by atoms with E-state index in [9.17, 15) is 9.59 Å². The van der Waals surface area contributed by atoms with Crippen LogP contribution in [0.25, 0.3) is 5.69 Å². The number of rotatable bonds is 5. The summed E-state index contributed by atoms with van der Waals surface area (Å²) in [5.74, 6) is -0.0676. The molecule has 1 aliphatic carbocycles. The van der Waals surface area contributed by atoms with Crippen molar-refractivity contribution in [1.29, 1.82) is 0 Å². The van der Waals surface area contributed by atoms with Crippen molar-refractivity contribution in [2.75, 3.05) is 10.6 Å². The van der Waals surface area contributed by atoms with Crippen LogP contribution >= 0.6 is 0 Å². The predicted molar refractivity (Wildman–Crippen MR) is 99.3 cm³/mol. The number of benzene rings is 2. The van der Waals surface area contributed by atoms with Crippen LogP contribution < -0.4 is 10.6 Å². The standard InChI is InChI=1S/C20H18N4O2/c25-19(14-4-5-14)23-17-3-1-2-15(12-17)20(26)22-16-6-8-18(9-7-16)24-11-10-21-13-24/h1-3,6-14H,4-5H2,(H,22,26)(H,23,25). The van der Waals surface area contributed by atoms with Crippen molar-refractivity contribution in [3.63, 3.8) is 0 Å². The van der Waals surface area contributed by atoms with E-state index in [1.807, 2.05) is 35.0 Å².